The number of carbonyl (C=O) groups excluding carboxylic acids is 1. The highest BCUT2D eigenvalue weighted by Crippen LogP contribution is 2.22. The summed E-state index contributed by atoms with van der Waals surface area (Å²) in [6.07, 6.45) is 2.72. The summed E-state index contributed by atoms with van der Waals surface area (Å²) >= 11 is 0. The summed E-state index contributed by atoms with van der Waals surface area (Å²) in [6.45, 7) is 1.34. The standard InChI is InChI=1S/C12H15N3O/c1-14(9-16)7-10-3-4-12-11(5-10)6-13-8-15(12)2/h3-6,9H,7-8H2,1-2H3. The van der Waals surface area contributed by atoms with Crippen molar-refractivity contribution in [2.24, 2.45) is 4.99 Å². The molecular formula is C12H15N3O. The molecule has 2 rings (SSSR count). The zero-order valence-electron chi connectivity index (χ0n) is 9.55. The Labute approximate surface area is 95.2 Å². The Kier molecular flexibility index (Phi) is 2.90. The van der Waals surface area contributed by atoms with Crippen molar-refractivity contribution in [2.45, 2.75) is 6.54 Å². The van der Waals surface area contributed by atoms with E-state index >= 15 is 0 Å². The largest absolute Gasteiger partial charge is 0.355 e. The molecule has 0 unspecified atom stereocenters. The first-order valence-electron chi connectivity index (χ1n) is 5.20. The first-order valence-corrected chi connectivity index (χ1v) is 5.20. The van der Waals surface area contributed by atoms with E-state index < -0.39 is 0 Å². The number of rotatable bonds is 3. The molecule has 1 heterocycles. The molecule has 1 aromatic carbocycles. The maximum Gasteiger partial charge on any atom is 0.209 e. The predicted molar refractivity (Wildman–Crippen MR) is 64.8 cm³/mol. The lowest BCUT2D eigenvalue weighted by Gasteiger charge is -2.23. The molecule has 1 aliphatic rings. The van der Waals surface area contributed by atoms with Crippen molar-refractivity contribution in [1.82, 2.24) is 4.90 Å². The highest BCUT2D eigenvalue weighted by molar-refractivity contribution is 5.90. The Morgan fingerprint density at radius 1 is 1.56 bits per heavy atom. The molecule has 0 spiro atoms. The van der Waals surface area contributed by atoms with Gasteiger partial charge >= 0.3 is 0 Å². The maximum atomic E-state index is 10.5. The summed E-state index contributed by atoms with van der Waals surface area (Å²) in [4.78, 5) is 18.5. The molecule has 0 N–H and O–H groups in total. The molecule has 0 bridgehead atoms. The zero-order chi connectivity index (χ0) is 11.5. The van der Waals surface area contributed by atoms with Gasteiger partial charge in [0, 0.05) is 38.1 Å². The maximum absolute atomic E-state index is 10.5. The Balaban J connectivity index is 2.26. The molecule has 0 saturated carbocycles. The van der Waals surface area contributed by atoms with E-state index in [1.165, 1.54) is 5.69 Å². The van der Waals surface area contributed by atoms with Gasteiger partial charge in [0.25, 0.3) is 0 Å². The molecule has 0 aliphatic carbocycles. The van der Waals surface area contributed by atoms with Gasteiger partial charge in [-0.3, -0.25) is 9.79 Å². The molecule has 0 aromatic heterocycles. The Morgan fingerprint density at radius 2 is 2.38 bits per heavy atom. The van der Waals surface area contributed by atoms with Crippen LogP contribution in [-0.4, -0.2) is 38.3 Å². The van der Waals surface area contributed by atoms with E-state index in [2.05, 4.69) is 28.1 Å². The number of hydrogen-bond donors (Lipinski definition) is 0. The lowest BCUT2D eigenvalue weighted by atomic mass is 10.1. The van der Waals surface area contributed by atoms with Gasteiger partial charge in [-0.2, -0.15) is 0 Å². The summed E-state index contributed by atoms with van der Waals surface area (Å²) in [5.41, 5.74) is 3.42. The third-order valence-corrected chi connectivity index (χ3v) is 2.64. The number of fused-ring (bicyclic) bond motifs is 1. The fraction of sp³-hybridized carbons (Fsp3) is 0.333. The number of benzene rings is 1. The van der Waals surface area contributed by atoms with Crippen molar-refractivity contribution in [1.29, 1.82) is 0 Å². The molecule has 1 aromatic rings. The van der Waals surface area contributed by atoms with Crippen LogP contribution in [0.4, 0.5) is 5.69 Å². The summed E-state index contributed by atoms with van der Waals surface area (Å²) in [7, 11) is 3.79. The Hall–Kier alpha value is -1.84. The van der Waals surface area contributed by atoms with E-state index in [1.54, 1.807) is 11.9 Å². The average Bonchev–Trinajstić information content (AvgIpc) is 2.29. The topological polar surface area (TPSA) is 35.9 Å². The van der Waals surface area contributed by atoms with Gasteiger partial charge < -0.3 is 9.80 Å². The molecule has 0 fully saturated rings. The minimum Gasteiger partial charge on any atom is -0.355 e. The normalized spacial score (nSPS) is 13.5. The Morgan fingerprint density at radius 3 is 3.12 bits per heavy atom. The van der Waals surface area contributed by atoms with Gasteiger partial charge in [0.2, 0.25) is 6.41 Å². The van der Waals surface area contributed by atoms with Crippen LogP contribution in [0, 0.1) is 0 Å². The lowest BCUT2D eigenvalue weighted by Crippen LogP contribution is -2.22. The van der Waals surface area contributed by atoms with Crippen LogP contribution >= 0.6 is 0 Å². The summed E-state index contributed by atoms with van der Waals surface area (Å²) < 4.78 is 0. The molecule has 16 heavy (non-hydrogen) atoms. The molecule has 4 nitrogen and oxygen atoms in total. The fourth-order valence-corrected chi connectivity index (χ4v) is 1.82. The zero-order valence-corrected chi connectivity index (χ0v) is 9.55. The smallest absolute Gasteiger partial charge is 0.209 e. The third-order valence-electron chi connectivity index (χ3n) is 2.64. The molecule has 1 amide bonds. The SMILES string of the molecule is CN(C=O)Cc1ccc2c(c1)C=NCN2C. The van der Waals surface area contributed by atoms with E-state index in [0.29, 0.717) is 13.2 Å². The van der Waals surface area contributed by atoms with E-state index in [4.69, 9.17) is 0 Å². The van der Waals surface area contributed by atoms with Crippen LogP contribution in [-0.2, 0) is 11.3 Å². The van der Waals surface area contributed by atoms with Gasteiger partial charge in [-0.15, -0.1) is 0 Å². The van der Waals surface area contributed by atoms with Crippen molar-refractivity contribution in [3.05, 3.63) is 29.3 Å². The van der Waals surface area contributed by atoms with E-state index in [1.807, 2.05) is 13.3 Å². The van der Waals surface area contributed by atoms with Crippen LogP contribution in [0.1, 0.15) is 11.1 Å². The molecule has 4 heteroatoms. The van der Waals surface area contributed by atoms with Crippen LogP contribution in [0.3, 0.4) is 0 Å². The van der Waals surface area contributed by atoms with Gasteiger partial charge in [0.05, 0.1) is 0 Å². The van der Waals surface area contributed by atoms with Gasteiger partial charge in [0.1, 0.15) is 6.67 Å². The van der Waals surface area contributed by atoms with Crippen molar-refractivity contribution in [3.8, 4) is 0 Å². The van der Waals surface area contributed by atoms with Crippen LogP contribution < -0.4 is 4.90 Å². The number of aliphatic imine (C=N–C) groups is 1. The van der Waals surface area contributed by atoms with E-state index in [9.17, 15) is 4.79 Å². The quantitative estimate of drug-likeness (QED) is 0.711. The minimum atomic E-state index is 0.633. The second kappa shape index (κ2) is 4.35. The van der Waals surface area contributed by atoms with Gasteiger partial charge in [-0.1, -0.05) is 6.07 Å². The van der Waals surface area contributed by atoms with Gasteiger partial charge in [0.15, 0.2) is 0 Å². The van der Waals surface area contributed by atoms with Crippen molar-refractivity contribution in [3.63, 3.8) is 0 Å². The first kappa shape index (κ1) is 10.7. The van der Waals surface area contributed by atoms with Crippen LogP contribution in [0.15, 0.2) is 23.2 Å². The van der Waals surface area contributed by atoms with Crippen LogP contribution in [0.2, 0.25) is 0 Å². The van der Waals surface area contributed by atoms with Crippen molar-refractivity contribution < 1.29 is 4.79 Å². The van der Waals surface area contributed by atoms with Crippen LogP contribution in [0.5, 0.6) is 0 Å². The van der Waals surface area contributed by atoms with Gasteiger partial charge in [-0.25, -0.2) is 0 Å². The third kappa shape index (κ3) is 2.05. The van der Waals surface area contributed by atoms with E-state index in [0.717, 1.165) is 17.5 Å². The molecule has 0 atom stereocenters. The molecule has 0 saturated heterocycles. The predicted octanol–water partition coefficient (Wildman–Crippen LogP) is 1.10. The molecule has 84 valence electrons. The highest BCUT2D eigenvalue weighted by atomic mass is 16.1. The number of amides is 1. The first-order chi connectivity index (χ1) is 7.70. The van der Waals surface area contributed by atoms with Gasteiger partial charge in [-0.05, 0) is 17.7 Å². The minimum absolute atomic E-state index is 0.633. The number of hydrogen-bond acceptors (Lipinski definition) is 3. The molecule has 1 aliphatic heterocycles. The van der Waals surface area contributed by atoms with Crippen molar-refractivity contribution in [2.75, 3.05) is 25.7 Å². The van der Waals surface area contributed by atoms with Crippen LogP contribution in [0.25, 0.3) is 0 Å². The fourth-order valence-electron chi connectivity index (χ4n) is 1.82. The Bertz CT molecular complexity index is 428. The molecular weight excluding hydrogens is 202 g/mol. The summed E-state index contributed by atoms with van der Waals surface area (Å²) in [5.74, 6) is 0. The second-order valence-electron chi connectivity index (χ2n) is 4.06. The second-order valence-corrected chi connectivity index (χ2v) is 4.06. The number of nitrogens with zero attached hydrogens (tertiary/aromatic N) is 3. The summed E-state index contributed by atoms with van der Waals surface area (Å²) in [6, 6.07) is 6.21. The van der Waals surface area contributed by atoms with E-state index in [-0.39, 0.29) is 0 Å². The number of carbonyl (C=O) groups is 1. The number of anilines is 1. The monoisotopic (exact) mass is 217 g/mol. The van der Waals surface area contributed by atoms with Crippen molar-refractivity contribution >= 4 is 18.3 Å². The summed E-state index contributed by atoms with van der Waals surface area (Å²) in [5, 5.41) is 0. The lowest BCUT2D eigenvalue weighted by molar-refractivity contribution is -0.117. The highest BCUT2D eigenvalue weighted by Gasteiger charge is 2.10. The molecule has 0 radical (unpaired) electrons. The average molecular weight is 217 g/mol.